The Morgan fingerprint density at radius 2 is 2.06 bits per heavy atom. The van der Waals surface area contributed by atoms with Gasteiger partial charge in [-0.15, -0.1) is 0 Å². The summed E-state index contributed by atoms with van der Waals surface area (Å²) in [6, 6.07) is 0.621. The van der Waals surface area contributed by atoms with Crippen LogP contribution in [-0.4, -0.2) is 47.7 Å². The molecule has 0 amide bonds. The molecule has 0 aromatic heterocycles. The summed E-state index contributed by atoms with van der Waals surface area (Å²) in [5.41, 5.74) is -0.701. The van der Waals surface area contributed by atoms with Crippen molar-refractivity contribution < 1.29 is 9.90 Å². The van der Waals surface area contributed by atoms with E-state index in [0.29, 0.717) is 18.5 Å². The van der Waals surface area contributed by atoms with Crippen LogP contribution in [0.3, 0.4) is 0 Å². The van der Waals surface area contributed by atoms with Crippen LogP contribution in [0.25, 0.3) is 0 Å². The molecule has 2 aliphatic rings. The lowest BCUT2D eigenvalue weighted by molar-refractivity contribution is -0.147. The van der Waals surface area contributed by atoms with Gasteiger partial charge in [0, 0.05) is 12.6 Å². The number of hydrogen-bond donors (Lipinski definition) is 2. The van der Waals surface area contributed by atoms with Gasteiger partial charge < -0.3 is 15.3 Å². The fraction of sp³-hybridized carbons (Fsp3) is 0.923. The molecule has 1 atom stereocenters. The van der Waals surface area contributed by atoms with E-state index < -0.39 is 11.5 Å². The number of likely N-dealkylation sites (N-methyl/N-ethyl adjacent to an activating group) is 1. The van der Waals surface area contributed by atoms with Crippen LogP contribution in [0.5, 0.6) is 0 Å². The van der Waals surface area contributed by atoms with Gasteiger partial charge in [-0.1, -0.05) is 6.92 Å². The minimum Gasteiger partial charge on any atom is -0.480 e. The third-order valence-electron chi connectivity index (χ3n) is 4.02. The zero-order valence-electron chi connectivity index (χ0n) is 10.9. The fourth-order valence-electron chi connectivity index (χ4n) is 2.61. The predicted octanol–water partition coefficient (Wildman–Crippen LogP) is 1.31. The van der Waals surface area contributed by atoms with Gasteiger partial charge in [-0.25, -0.2) is 0 Å². The topological polar surface area (TPSA) is 52.6 Å². The average molecular weight is 240 g/mol. The van der Waals surface area contributed by atoms with E-state index in [9.17, 15) is 9.90 Å². The Labute approximate surface area is 103 Å². The van der Waals surface area contributed by atoms with Crippen molar-refractivity contribution in [1.29, 1.82) is 0 Å². The second-order valence-electron chi connectivity index (χ2n) is 5.62. The molecule has 2 N–H and O–H groups in total. The van der Waals surface area contributed by atoms with Gasteiger partial charge in [-0.3, -0.25) is 4.79 Å². The number of carboxylic acids is 1. The standard InChI is InChI=1S/C13H24N2O2/c1-3-8-14-13(12(16)17,10-4-5-10)9-15(2)11-6-7-11/h10-11,14H,3-9H2,1-2H3,(H,16,17). The van der Waals surface area contributed by atoms with E-state index in [1.54, 1.807) is 0 Å². The van der Waals surface area contributed by atoms with Gasteiger partial charge in [-0.2, -0.15) is 0 Å². The van der Waals surface area contributed by atoms with E-state index in [2.05, 4.69) is 24.2 Å². The summed E-state index contributed by atoms with van der Waals surface area (Å²) in [6.07, 6.45) is 5.55. The highest BCUT2D eigenvalue weighted by Crippen LogP contribution is 2.41. The van der Waals surface area contributed by atoms with Crippen LogP contribution in [0.1, 0.15) is 39.0 Å². The molecule has 0 radical (unpaired) electrons. The van der Waals surface area contributed by atoms with Gasteiger partial charge in [0.2, 0.25) is 0 Å². The number of carboxylic acid groups (broad SMARTS) is 1. The van der Waals surface area contributed by atoms with Crippen molar-refractivity contribution in [3.63, 3.8) is 0 Å². The van der Waals surface area contributed by atoms with Gasteiger partial charge in [0.1, 0.15) is 5.54 Å². The lowest BCUT2D eigenvalue weighted by Gasteiger charge is -2.35. The molecule has 4 nitrogen and oxygen atoms in total. The first kappa shape index (κ1) is 12.8. The van der Waals surface area contributed by atoms with Crippen LogP contribution < -0.4 is 5.32 Å². The molecule has 0 spiro atoms. The number of hydrogen-bond acceptors (Lipinski definition) is 3. The molecule has 17 heavy (non-hydrogen) atoms. The molecule has 0 heterocycles. The highest BCUT2D eigenvalue weighted by molar-refractivity contribution is 5.80. The number of aliphatic carboxylic acids is 1. The maximum Gasteiger partial charge on any atom is 0.325 e. The summed E-state index contributed by atoms with van der Waals surface area (Å²) in [7, 11) is 2.06. The zero-order valence-corrected chi connectivity index (χ0v) is 10.9. The minimum atomic E-state index is -0.701. The molecule has 2 rings (SSSR count). The van der Waals surface area contributed by atoms with Crippen LogP contribution in [0, 0.1) is 5.92 Å². The maximum atomic E-state index is 11.7. The Balaban J connectivity index is 2.05. The lowest BCUT2D eigenvalue weighted by Crippen LogP contribution is -2.60. The second kappa shape index (κ2) is 4.94. The van der Waals surface area contributed by atoms with Gasteiger partial charge in [0.15, 0.2) is 0 Å². The molecule has 0 saturated heterocycles. The van der Waals surface area contributed by atoms with Crippen molar-refractivity contribution in [3.8, 4) is 0 Å². The van der Waals surface area contributed by atoms with E-state index >= 15 is 0 Å². The normalized spacial score (nSPS) is 23.7. The largest absolute Gasteiger partial charge is 0.480 e. The van der Waals surface area contributed by atoms with Crippen molar-refractivity contribution in [2.45, 2.75) is 50.6 Å². The molecule has 2 fully saturated rings. The highest BCUT2D eigenvalue weighted by atomic mass is 16.4. The predicted molar refractivity (Wildman–Crippen MR) is 67.0 cm³/mol. The number of nitrogens with one attached hydrogen (secondary N) is 1. The molecule has 2 saturated carbocycles. The van der Waals surface area contributed by atoms with E-state index in [0.717, 1.165) is 25.8 Å². The Bertz CT molecular complexity index is 287. The van der Waals surface area contributed by atoms with Gasteiger partial charge >= 0.3 is 5.97 Å². The van der Waals surface area contributed by atoms with Gasteiger partial charge in [-0.05, 0) is 51.6 Å². The van der Waals surface area contributed by atoms with Crippen LogP contribution >= 0.6 is 0 Å². The Morgan fingerprint density at radius 3 is 2.47 bits per heavy atom. The average Bonchev–Trinajstić information content (AvgIpc) is 3.16. The van der Waals surface area contributed by atoms with Gasteiger partial charge in [0.25, 0.3) is 0 Å². The van der Waals surface area contributed by atoms with Crippen LogP contribution in [-0.2, 0) is 4.79 Å². The van der Waals surface area contributed by atoms with Crippen LogP contribution in [0.2, 0.25) is 0 Å². The van der Waals surface area contributed by atoms with Crippen molar-refractivity contribution in [2.24, 2.45) is 5.92 Å². The van der Waals surface area contributed by atoms with E-state index in [4.69, 9.17) is 0 Å². The summed E-state index contributed by atoms with van der Waals surface area (Å²) in [6.45, 7) is 3.52. The molecule has 0 aromatic rings. The maximum absolute atomic E-state index is 11.7. The van der Waals surface area contributed by atoms with Crippen molar-refractivity contribution >= 4 is 5.97 Å². The monoisotopic (exact) mass is 240 g/mol. The smallest absolute Gasteiger partial charge is 0.325 e. The molecule has 4 heteroatoms. The molecular weight excluding hydrogens is 216 g/mol. The first-order valence-electron chi connectivity index (χ1n) is 6.79. The summed E-state index contributed by atoms with van der Waals surface area (Å²) in [5.74, 6) is -0.339. The number of rotatable bonds is 8. The van der Waals surface area contributed by atoms with Crippen LogP contribution in [0.4, 0.5) is 0 Å². The summed E-state index contributed by atoms with van der Waals surface area (Å²) in [5, 5.41) is 12.9. The minimum absolute atomic E-state index is 0.327. The number of carbonyl (C=O) groups is 1. The fourth-order valence-corrected chi connectivity index (χ4v) is 2.61. The Morgan fingerprint density at radius 1 is 1.41 bits per heavy atom. The Kier molecular flexibility index (Phi) is 3.73. The van der Waals surface area contributed by atoms with Crippen LogP contribution in [0.15, 0.2) is 0 Å². The Hall–Kier alpha value is -0.610. The zero-order chi connectivity index (χ0) is 12.5. The molecule has 0 aromatic carbocycles. The second-order valence-corrected chi connectivity index (χ2v) is 5.62. The molecule has 0 aliphatic heterocycles. The van der Waals surface area contributed by atoms with E-state index in [-0.39, 0.29) is 0 Å². The van der Waals surface area contributed by atoms with Crippen molar-refractivity contribution in [1.82, 2.24) is 10.2 Å². The quantitative estimate of drug-likeness (QED) is 0.672. The third kappa shape index (κ3) is 2.80. The van der Waals surface area contributed by atoms with Gasteiger partial charge in [0.05, 0.1) is 0 Å². The molecule has 2 aliphatic carbocycles. The molecule has 98 valence electrons. The van der Waals surface area contributed by atoms with E-state index in [1.165, 1.54) is 12.8 Å². The molecule has 0 bridgehead atoms. The summed E-state index contributed by atoms with van der Waals surface area (Å²) in [4.78, 5) is 13.9. The summed E-state index contributed by atoms with van der Waals surface area (Å²) < 4.78 is 0. The number of nitrogens with zero attached hydrogens (tertiary/aromatic N) is 1. The SMILES string of the molecule is CCCNC(CN(C)C1CC1)(C(=O)O)C1CC1. The van der Waals surface area contributed by atoms with E-state index in [1.807, 2.05) is 0 Å². The summed E-state index contributed by atoms with van der Waals surface area (Å²) >= 11 is 0. The van der Waals surface area contributed by atoms with Crippen molar-refractivity contribution in [2.75, 3.05) is 20.1 Å². The third-order valence-corrected chi connectivity index (χ3v) is 4.02. The first-order chi connectivity index (χ1) is 8.10. The molecular formula is C13H24N2O2. The highest BCUT2D eigenvalue weighted by Gasteiger charge is 2.52. The lowest BCUT2D eigenvalue weighted by atomic mass is 9.92. The van der Waals surface area contributed by atoms with Crippen molar-refractivity contribution in [3.05, 3.63) is 0 Å². The first-order valence-corrected chi connectivity index (χ1v) is 6.79. The molecule has 1 unspecified atom stereocenters.